The van der Waals surface area contributed by atoms with E-state index in [0.29, 0.717) is 4.96 Å². The quantitative estimate of drug-likeness (QED) is 0.692. The van der Waals surface area contributed by atoms with E-state index in [0.717, 1.165) is 36.1 Å². The van der Waals surface area contributed by atoms with Crippen molar-refractivity contribution in [3.63, 3.8) is 0 Å². The Morgan fingerprint density at radius 2 is 1.95 bits per heavy atom. The lowest BCUT2D eigenvalue weighted by molar-refractivity contribution is 0.0790. The number of likely N-dealkylation sites (tertiary alicyclic amines) is 1. The normalized spacial score (nSPS) is 15.1. The van der Waals surface area contributed by atoms with Gasteiger partial charge >= 0.3 is 0 Å². The zero-order chi connectivity index (χ0) is 14.4. The van der Waals surface area contributed by atoms with Gasteiger partial charge in [-0.05, 0) is 25.0 Å². The molecule has 1 aliphatic rings. The van der Waals surface area contributed by atoms with E-state index in [4.69, 9.17) is 0 Å². The van der Waals surface area contributed by atoms with Crippen molar-refractivity contribution in [2.45, 2.75) is 12.8 Å². The van der Waals surface area contributed by atoms with Crippen LogP contribution in [0.25, 0.3) is 15.2 Å². The Labute approximate surface area is 124 Å². The van der Waals surface area contributed by atoms with Crippen LogP contribution in [-0.2, 0) is 0 Å². The van der Waals surface area contributed by atoms with Crippen LogP contribution in [0.2, 0.25) is 0 Å². The van der Waals surface area contributed by atoms with Crippen molar-refractivity contribution in [1.29, 1.82) is 0 Å². The Morgan fingerprint density at radius 1 is 1.19 bits per heavy atom. The van der Waals surface area contributed by atoms with E-state index in [-0.39, 0.29) is 17.0 Å². The second-order valence-electron chi connectivity index (χ2n) is 5.16. The zero-order valence-electron chi connectivity index (χ0n) is 11.3. The Balaban J connectivity index is 1.95. The minimum absolute atomic E-state index is 0.165. The molecule has 1 fully saturated rings. The molecule has 1 amide bonds. The molecular weight excluding hydrogens is 286 g/mol. The van der Waals surface area contributed by atoms with Crippen molar-refractivity contribution in [3.8, 4) is 0 Å². The van der Waals surface area contributed by atoms with Gasteiger partial charge in [-0.3, -0.25) is 14.0 Å². The molecule has 2 aromatic heterocycles. The molecule has 21 heavy (non-hydrogen) atoms. The summed E-state index contributed by atoms with van der Waals surface area (Å²) in [5.41, 5.74) is 0.707. The topological polar surface area (TPSA) is 54.7 Å². The highest BCUT2D eigenvalue weighted by Crippen LogP contribution is 2.23. The van der Waals surface area contributed by atoms with Crippen LogP contribution in [0.3, 0.4) is 0 Å². The minimum Gasteiger partial charge on any atom is -0.338 e. The molecule has 0 bridgehead atoms. The number of benzene rings is 1. The van der Waals surface area contributed by atoms with Gasteiger partial charge in [0.2, 0.25) is 0 Å². The number of aromatic nitrogens is 2. The van der Waals surface area contributed by atoms with Gasteiger partial charge in [-0.1, -0.05) is 23.5 Å². The number of rotatable bonds is 1. The van der Waals surface area contributed by atoms with Gasteiger partial charge in [0, 0.05) is 19.3 Å². The molecule has 1 aliphatic heterocycles. The molecule has 6 heteroatoms. The zero-order valence-corrected chi connectivity index (χ0v) is 12.1. The molecule has 3 aromatic rings. The standard InChI is InChI=1S/C15H13N3O2S/c19-13(17-7-3-4-8-17)10-9-16-15-18(14(10)20)11-5-1-2-6-12(11)21-15/h1-2,5-6,9H,3-4,7-8H2. The van der Waals surface area contributed by atoms with E-state index in [1.54, 1.807) is 9.30 Å². The summed E-state index contributed by atoms with van der Waals surface area (Å²) in [7, 11) is 0. The Morgan fingerprint density at radius 3 is 2.76 bits per heavy atom. The number of amides is 1. The van der Waals surface area contributed by atoms with Gasteiger partial charge in [-0.2, -0.15) is 0 Å². The fraction of sp³-hybridized carbons (Fsp3) is 0.267. The summed E-state index contributed by atoms with van der Waals surface area (Å²) in [6, 6.07) is 7.65. The highest BCUT2D eigenvalue weighted by atomic mass is 32.1. The monoisotopic (exact) mass is 299 g/mol. The lowest BCUT2D eigenvalue weighted by Gasteiger charge is -2.14. The molecule has 0 atom stereocenters. The van der Waals surface area contributed by atoms with Crippen LogP contribution in [0.1, 0.15) is 23.2 Å². The maximum Gasteiger partial charge on any atom is 0.271 e. The predicted octanol–water partition coefficient (Wildman–Crippen LogP) is 2.15. The smallest absolute Gasteiger partial charge is 0.271 e. The lowest BCUT2D eigenvalue weighted by Crippen LogP contribution is -2.33. The second-order valence-corrected chi connectivity index (χ2v) is 6.17. The summed E-state index contributed by atoms with van der Waals surface area (Å²) in [6.45, 7) is 1.46. The average molecular weight is 299 g/mol. The molecule has 1 saturated heterocycles. The number of carbonyl (C=O) groups is 1. The first-order valence-electron chi connectivity index (χ1n) is 6.94. The number of nitrogens with zero attached hydrogens (tertiary/aromatic N) is 3. The summed E-state index contributed by atoms with van der Waals surface area (Å²) in [6.07, 6.45) is 3.43. The van der Waals surface area contributed by atoms with E-state index in [1.807, 2.05) is 24.3 Å². The van der Waals surface area contributed by atoms with Crippen LogP contribution in [0, 0.1) is 0 Å². The largest absolute Gasteiger partial charge is 0.338 e. The first kappa shape index (κ1) is 12.5. The summed E-state index contributed by atoms with van der Waals surface area (Å²) >= 11 is 1.46. The third-order valence-electron chi connectivity index (χ3n) is 3.86. The van der Waals surface area contributed by atoms with E-state index >= 15 is 0 Å². The summed E-state index contributed by atoms with van der Waals surface area (Å²) in [5, 5.41) is 0. The van der Waals surface area contributed by atoms with Gasteiger partial charge in [0.25, 0.3) is 11.5 Å². The van der Waals surface area contributed by atoms with Gasteiger partial charge in [0.05, 0.1) is 10.2 Å². The van der Waals surface area contributed by atoms with Crippen LogP contribution >= 0.6 is 11.3 Å². The van der Waals surface area contributed by atoms with E-state index in [1.165, 1.54) is 17.5 Å². The van der Waals surface area contributed by atoms with Gasteiger partial charge in [-0.25, -0.2) is 4.98 Å². The molecule has 0 radical (unpaired) electrons. The second kappa shape index (κ2) is 4.66. The Kier molecular flexibility index (Phi) is 2.78. The highest BCUT2D eigenvalue weighted by molar-refractivity contribution is 7.23. The highest BCUT2D eigenvalue weighted by Gasteiger charge is 2.23. The fourth-order valence-corrected chi connectivity index (χ4v) is 3.77. The van der Waals surface area contributed by atoms with Gasteiger partial charge < -0.3 is 4.90 Å². The van der Waals surface area contributed by atoms with Gasteiger partial charge in [0.1, 0.15) is 5.56 Å². The molecule has 1 aromatic carbocycles. The molecule has 106 valence electrons. The van der Waals surface area contributed by atoms with E-state index in [9.17, 15) is 9.59 Å². The minimum atomic E-state index is -0.269. The first-order chi connectivity index (χ1) is 10.3. The SMILES string of the molecule is O=C(c1cnc2sc3ccccc3n2c1=O)N1CCCC1. The van der Waals surface area contributed by atoms with Crippen molar-refractivity contribution in [3.05, 3.63) is 46.4 Å². The van der Waals surface area contributed by atoms with E-state index in [2.05, 4.69) is 4.98 Å². The third-order valence-corrected chi connectivity index (χ3v) is 4.90. The summed E-state index contributed by atoms with van der Waals surface area (Å²) in [4.78, 5) is 31.8. The van der Waals surface area contributed by atoms with Gasteiger partial charge in [-0.15, -0.1) is 0 Å². The number of para-hydroxylation sites is 1. The Bertz CT molecular complexity index is 906. The molecule has 0 aliphatic carbocycles. The molecule has 3 heterocycles. The Hall–Kier alpha value is -2.21. The van der Waals surface area contributed by atoms with Crippen LogP contribution in [0.4, 0.5) is 0 Å². The van der Waals surface area contributed by atoms with Crippen molar-refractivity contribution in [2.24, 2.45) is 0 Å². The maximum atomic E-state index is 12.7. The van der Waals surface area contributed by atoms with Gasteiger partial charge in [0.15, 0.2) is 4.96 Å². The van der Waals surface area contributed by atoms with Crippen LogP contribution in [0.5, 0.6) is 0 Å². The number of carbonyl (C=O) groups excluding carboxylic acids is 1. The number of hydrogen-bond donors (Lipinski definition) is 0. The molecule has 0 N–H and O–H groups in total. The van der Waals surface area contributed by atoms with Crippen molar-refractivity contribution in [2.75, 3.05) is 13.1 Å². The first-order valence-corrected chi connectivity index (χ1v) is 7.76. The third kappa shape index (κ3) is 1.86. The van der Waals surface area contributed by atoms with Crippen LogP contribution in [-0.4, -0.2) is 33.3 Å². The molecule has 0 unspecified atom stereocenters. The fourth-order valence-electron chi connectivity index (χ4n) is 2.79. The molecule has 0 spiro atoms. The van der Waals surface area contributed by atoms with Crippen molar-refractivity contribution in [1.82, 2.24) is 14.3 Å². The summed E-state index contributed by atoms with van der Waals surface area (Å²) < 4.78 is 2.54. The molecule has 5 nitrogen and oxygen atoms in total. The lowest BCUT2D eigenvalue weighted by atomic mass is 10.3. The van der Waals surface area contributed by atoms with Crippen molar-refractivity contribution < 1.29 is 4.79 Å². The summed E-state index contributed by atoms with van der Waals surface area (Å²) in [5.74, 6) is -0.199. The predicted molar refractivity (Wildman–Crippen MR) is 82.0 cm³/mol. The van der Waals surface area contributed by atoms with Crippen molar-refractivity contribution >= 4 is 32.4 Å². The van der Waals surface area contributed by atoms with Crippen LogP contribution in [0.15, 0.2) is 35.3 Å². The molecule has 4 rings (SSSR count). The number of fused-ring (bicyclic) bond motifs is 3. The van der Waals surface area contributed by atoms with E-state index < -0.39 is 0 Å². The molecular formula is C15H13N3O2S. The van der Waals surface area contributed by atoms with Crippen LogP contribution < -0.4 is 5.56 Å². The number of thiazole rings is 1. The maximum absolute atomic E-state index is 12.7. The number of hydrogen-bond acceptors (Lipinski definition) is 4. The molecule has 0 saturated carbocycles. The average Bonchev–Trinajstić information content (AvgIpc) is 3.14.